The lowest BCUT2D eigenvalue weighted by Crippen LogP contribution is -2.36. The van der Waals surface area contributed by atoms with E-state index in [1.165, 1.54) is 38.0 Å². The summed E-state index contributed by atoms with van der Waals surface area (Å²) in [5, 5.41) is 11.0. The maximum Gasteiger partial charge on any atom is 0.134 e. The van der Waals surface area contributed by atoms with Gasteiger partial charge in [0.1, 0.15) is 11.6 Å². The van der Waals surface area contributed by atoms with Gasteiger partial charge in [0.2, 0.25) is 0 Å². The molecule has 0 saturated carbocycles. The third-order valence-electron chi connectivity index (χ3n) is 8.03. The van der Waals surface area contributed by atoms with Crippen molar-refractivity contribution < 1.29 is 4.74 Å². The second kappa shape index (κ2) is 11.7. The fraction of sp³-hybridized carbons (Fsp3) is 0.324. The molecule has 0 aliphatic carbocycles. The maximum absolute atomic E-state index is 6.58. The van der Waals surface area contributed by atoms with Crippen LogP contribution in [-0.4, -0.2) is 41.6 Å². The van der Waals surface area contributed by atoms with Crippen LogP contribution in [0.3, 0.4) is 0 Å². The Bertz CT molecular complexity index is 1770. The molecule has 0 spiro atoms. The van der Waals surface area contributed by atoms with Crippen LogP contribution < -0.4 is 15.5 Å². The van der Waals surface area contributed by atoms with E-state index in [0.717, 1.165) is 30.4 Å². The summed E-state index contributed by atoms with van der Waals surface area (Å²) in [6.45, 7) is 17.4. The fourth-order valence-corrected chi connectivity index (χ4v) is 11.0. The van der Waals surface area contributed by atoms with Gasteiger partial charge in [0, 0.05) is 23.8 Å². The van der Waals surface area contributed by atoms with Gasteiger partial charge < -0.3 is 15.0 Å². The van der Waals surface area contributed by atoms with E-state index in [-0.39, 0.29) is 10.3 Å². The monoisotopic (exact) mass is 609 g/mol. The minimum atomic E-state index is -0.526. The van der Waals surface area contributed by atoms with Gasteiger partial charge in [0.25, 0.3) is 0 Å². The van der Waals surface area contributed by atoms with E-state index in [4.69, 9.17) is 21.3 Å². The summed E-state index contributed by atoms with van der Waals surface area (Å²) < 4.78 is 5.54. The first-order valence-corrected chi connectivity index (χ1v) is 16.8. The van der Waals surface area contributed by atoms with Gasteiger partial charge in [0.15, 0.2) is 0 Å². The van der Waals surface area contributed by atoms with Gasteiger partial charge in [-0.25, -0.2) is 4.98 Å². The lowest BCUT2D eigenvalue weighted by Gasteiger charge is -2.43. The molecule has 0 radical (unpaired) electrons. The number of aromatic nitrogens is 1. The van der Waals surface area contributed by atoms with E-state index in [9.17, 15) is 0 Å². The van der Waals surface area contributed by atoms with E-state index >= 15 is 0 Å². The number of hydrogen-bond acceptors (Lipinski definition) is 4. The molecular formula is C37H41ClN3OP. The summed E-state index contributed by atoms with van der Waals surface area (Å²) in [6, 6.07) is 30.7. The Morgan fingerprint density at radius 2 is 1.44 bits per heavy atom. The quantitative estimate of drug-likeness (QED) is 0.201. The van der Waals surface area contributed by atoms with Crippen molar-refractivity contribution >= 4 is 63.7 Å². The minimum Gasteiger partial charge on any atom is -0.378 e. The lowest BCUT2D eigenvalue weighted by molar-refractivity contribution is 0.122. The molecule has 1 aromatic heterocycles. The average Bonchev–Trinajstić information content (AvgIpc) is 2.95. The van der Waals surface area contributed by atoms with Gasteiger partial charge in [-0.05, 0) is 72.6 Å². The highest BCUT2D eigenvalue weighted by atomic mass is 35.5. The average molecular weight is 610 g/mol. The molecule has 0 unspecified atom stereocenters. The largest absolute Gasteiger partial charge is 0.378 e. The first-order valence-electron chi connectivity index (χ1n) is 15.1. The highest BCUT2D eigenvalue weighted by Gasteiger charge is 2.37. The second-order valence-corrected chi connectivity index (χ2v) is 17.6. The SMILES string of the molecule is CC(C)(C)P(c1ccc2ccccc2c1-c1cccc2ccc(Nc3cc(Cl)cc(N4CCOCC4)n3)cc12)C(C)(C)C. The molecule has 43 heavy (non-hydrogen) atoms. The van der Waals surface area contributed by atoms with Gasteiger partial charge in [0.05, 0.1) is 13.2 Å². The molecule has 6 rings (SSSR count). The van der Waals surface area contributed by atoms with Crippen molar-refractivity contribution in [2.24, 2.45) is 0 Å². The number of nitrogens with one attached hydrogen (secondary N) is 1. The molecule has 0 atom stereocenters. The number of anilines is 3. The number of morpholine rings is 1. The van der Waals surface area contributed by atoms with Crippen molar-refractivity contribution in [3.8, 4) is 11.1 Å². The van der Waals surface area contributed by atoms with E-state index < -0.39 is 7.92 Å². The molecule has 1 fully saturated rings. The highest BCUT2D eigenvalue weighted by Crippen LogP contribution is 2.60. The van der Waals surface area contributed by atoms with Crippen LogP contribution in [0.5, 0.6) is 0 Å². The van der Waals surface area contributed by atoms with Crippen LogP contribution in [0.15, 0.2) is 84.9 Å². The maximum atomic E-state index is 6.58. The molecule has 222 valence electrons. The molecule has 1 saturated heterocycles. The molecule has 0 amide bonds. The summed E-state index contributed by atoms with van der Waals surface area (Å²) in [4.78, 5) is 7.15. The van der Waals surface area contributed by atoms with Crippen LogP contribution in [0.1, 0.15) is 41.5 Å². The number of rotatable bonds is 5. The molecule has 4 nitrogen and oxygen atoms in total. The van der Waals surface area contributed by atoms with Crippen molar-refractivity contribution in [2.75, 3.05) is 36.5 Å². The van der Waals surface area contributed by atoms with E-state index in [2.05, 4.69) is 125 Å². The molecule has 1 N–H and O–H groups in total. The van der Waals surface area contributed by atoms with Gasteiger partial charge in [-0.15, -0.1) is 0 Å². The zero-order valence-electron chi connectivity index (χ0n) is 26.0. The van der Waals surface area contributed by atoms with Crippen LogP contribution in [0.4, 0.5) is 17.3 Å². The van der Waals surface area contributed by atoms with E-state index in [1.54, 1.807) is 0 Å². The van der Waals surface area contributed by atoms with E-state index in [1.807, 2.05) is 12.1 Å². The number of benzene rings is 4. The van der Waals surface area contributed by atoms with Crippen molar-refractivity contribution in [1.29, 1.82) is 0 Å². The number of fused-ring (bicyclic) bond motifs is 2. The molecule has 0 bridgehead atoms. The highest BCUT2D eigenvalue weighted by molar-refractivity contribution is 7.68. The fourth-order valence-electron chi connectivity index (χ4n) is 6.68. The van der Waals surface area contributed by atoms with Crippen molar-refractivity contribution in [2.45, 2.75) is 51.9 Å². The topological polar surface area (TPSA) is 37.4 Å². The Morgan fingerprint density at radius 3 is 2.19 bits per heavy atom. The summed E-state index contributed by atoms with van der Waals surface area (Å²) in [5.41, 5.74) is 3.60. The first-order chi connectivity index (χ1) is 20.5. The normalized spacial score (nSPS) is 14.6. The molecule has 1 aliphatic heterocycles. The van der Waals surface area contributed by atoms with Crippen molar-refractivity contribution in [1.82, 2.24) is 4.98 Å². The van der Waals surface area contributed by atoms with Gasteiger partial charge >= 0.3 is 0 Å². The van der Waals surface area contributed by atoms with Crippen LogP contribution in [0, 0.1) is 0 Å². The van der Waals surface area contributed by atoms with Crippen LogP contribution in [-0.2, 0) is 4.74 Å². The predicted molar refractivity (Wildman–Crippen MR) is 189 cm³/mol. The zero-order chi connectivity index (χ0) is 30.4. The molecule has 4 aromatic carbocycles. The van der Waals surface area contributed by atoms with Gasteiger partial charge in [-0.3, -0.25) is 0 Å². The van der Waals surface area contributed by atoms with Gasteiger partial charge in [-0.2, -0.15) is 0 Å². The van der Waals surface area contributed by atoms with Gasteiger partial charge in [-0.1, -0.05) is 122 Å². The second-order valence-electron chi connectivity index (χ2n) is 13.4. The van der Waals surface area contributed by atoms with Crippen LogP contribution in [0.2, 0.25) is 5.02 Å². The van der Waals surface area contributed by atoms with E-state index in [0.29, 0.717) is 18.2 Å². The summed E-state index contributed by atoms with van der Waals surface area (Å²) in [5.74, 6) is 1.61. The lowest BCUT2D eigenvalue weighted by atomic mass is 9.93. The Kier molecular flexibility index (Phi) is 8.15. The molecule has 1 aliphatic rings. The Hall–Kier alpha value is -3.17. The number of halogens is 1. The Labute approximate surface area is 262 Å². The number of ether oxygens (including phenoxy) is 1. The third kappa shape index (κ3) is 6.25. The number of pyridine rings is 1. The third-order valence-corrected chi connectivity index (χ3v) is 11.8. The number of hydrogen-bond donors (Lipinski definition) is 1. The van der Waals surface area contributed by atoms with Crippen LogP contribution in [0.25, 0.3) is 32.7 Å². The Balaban J connectivity index is 1.51. The predicted octanol–water partition coefficient (Wildman–Crippen LogP) is 9.99. The van der Waals surface area contributed by atoms with Crippen molar-refractivity contribution in [3.63, 3.8) is 0 Å². The minimum absolute atomic E-state index is 0.137. The first kappa shape index (κ1) is 29.9. The molecule has 5 aromatic rings. The molecular weight excluding hydrogens is 569 g/mol. The molecule has 2 heterocycles. The van der Waals surface area contributed by atoms with Crippen LogP contribution >= 0.6 is 19.5 Å². The Morgan fingerprint density at radius 1 is 0.767 bits per heavy atom. The molecule has 6 heteroatoms. The van der Waals surface area contributed by atoms with Crippen molar-refractivity contribution in [3.05, 3.63) is 90.0 Å². The number of nitrogens with zero attached hydrogens (tertiary/aromatic N) is 2. The summed E-state index contributed by atoms with van der Waals surface area (Å²) in [6.07, 6.45) is 0. The smallest absolute Gasteiger partial charge is 0.134 e. The zero-order valence-corrected chi connectivity index (χ0v) is 27.7. The summed E-state index contributed by atoms with van der Waals surface area (Å²) in [7, 11) is -0.526. The summed E-state index contributed by atoms with van der Waals surface area (Å²) >= 11 is 6.58. The standard InChI is InChI=1S/C37H41ClN3OP/c1-36(2,3)43(37(4,5)6)32-17-15-25-10-7-8-12-29(25)35(32)30-13-9-11-26-14-16-28(24-31(26)30)39-33-22-27(38)23-34(40-33)41-18-20-42-21-19-41/h7-17,22-24H,18-21H2,1-6H3,(H,39,40).